The van der Waals surface area contributed by atoms with Crippen LogP contribution in [0.15, 0.2) is 43.0 Å². The highest BCUT2D eigenvalue weighted by Gasteiger charge is 2.48. The van der Waals surface area contributed by atoms with Crippen LogP contribution < -0.4 is 5.32 Å². The standard InChI is InChI=1S/C18H18N5O6P/c1-10-14(29-30(26)27)12(7-24)28-18(10)23-9-21-13-15(19-8-20-16(13)23)22-17(25)11-5-3-2-4-6-11/h2-6,8-10,12,14,18,24H,7H2,1H3,(H-,19,20,22,25,26,27)/p+1/t10-,12-,14+,18-/m1/s1. The van der Waals surface area contributed by atoms with Gasteiger partial charge in [-0.15, -0.1) is 9.42 Å². The van der Waals surface area contributed by atoms with Crippen molar-refractivity contribution in [3.05, 3.63) is 48.5 Å². The second kappa shape index (κ2) is 8.50. The van der Waals surface area contributed by atoms with Gasteiger partial charge in [0, 0.05) is 16.0 Å². The average Bonchev–Trinajstić information content (AvgIpc) is 3.30. The molecule has 156 valence electrons. The largest absolute Gasteiger partial charge is 0.695 e. The van der Waals surface area contributed by atoms with Gasteiger partial charge in [0.05, 0.1) is 12.9 Å². The van der Waals surface area contributed by atoms with Crippen LogP contribution in [0.3, 0.4) is 0 Å². The van der Waals surface area contributed by atoms with Gasteiger partial charge in [-0.3, -0.25) is 9.36 Å². The Labute approximate surface area is 171 Å². The van der Waals surface area contributed by atoms with Gasteiger partial charge in [-0.25, -0.2) is 15.0 Å². The molecular formula is C18H19N5O6P+. The molecule has 4 rings (SSSR count). The van der Waals surface area contributed by atoms with E-state index in [0.717, 1.165) is 0 Å². The number of nitrogens with zero attached hydrogens (tertiary/aromatic N) is 4. The lowest BCUT2D eigenvalue weighted by molar-refractivity contribution is -0.0417. The van der Waals surface area contributed by atoms with Crippen molar-refractivity contribution in [2.75, 3.05) is 11.9 Å². The van der Waals surface area contributed by atoms with Crippen LogP contribution in [-0.2, 0) is 13.8 Å². The topological polar surface area (TPSA) is 149 Å². The zero-order valence-corrected chi connectivity index (χ0v) is 16.7. The second-order valence-electron chi connectivity index (χ2n) is 6.78. The Kier molecular flexibility index (Phi) is 5.80. The third-order valence-corrected chi connectivity index (χ3v) is 5.37. The fraction of sp³-hybridized carbons (Fsp3) is 0.333. The molecule has 1 unspecified atom stereocenters. The van der Waals surface area contributed by atoms with E-state index >= 15 is 0 Å². The van der Waals surface area contributed by atoms with Gasteiger partial charge in [-0.1, -0.05) is 25.1 Å². The minimum absolute atomic E-state index is 0.239. The van der Waals surface area contributed by atoms with E-state index in [2.05, 4.69) is 20.3 Å². The first-order valence-electron chi connectivity index (χ1n) is 9.12. The number of ether oxygens (including phenoxy) is 1. The third kappa shape index (κ3) is 3.81. The summed E-state index contributed by atoms with van der Waals surface area (Å²) in [6.07, 6.45) is 0.551. The Morgan fingerprint density at radius 3 is 2.77 bits per heavy atom. The van der Waals surface area contributed by atoms with Crippen molar-refractivity contribution in [2.45, 2.75) is 25.4 Å². The molecule has 2 aromatic heterocycles. The van der Waals surface area contributed by atoms with Gasteiger partial charge in [0.25, 0.3) is 5.91 Å². The zero-order valence-electron chi connectivity index (χ0n) is 15.8. The average molecular weight is 432 g/mol. The van der Waals surface area contributed by atoms with Crippen LogP contribution in [0.4, 0.5) is 5.82 Å². The van der Waals surface area contributed by atoms with Gasteiger partial charge < -0.3 is 15.2 Å². The van der Waals surface area contributed by atoms with Gasteiger partial charge in [-0.2, -0.15) is 0 Å². The van der Waals surface area contributed by atoms with E-state index in [1.807, 2.05) is 6.07 Å². The molecule has 0 radical (unpaired) electrons. The van der Waals surface area contributed by atoms with Crippen molar-refractivity contribution in [3.8, 4) is 0 Å². The summed E-state index contributed by atoms with van der Waals surface area (Å²) in [5, 5.41) is 12.3. The number of imidazole rings is 1. The molecule has 0 saturated carbocycles. The molecule has 3 heterocycles. The molecule has 3 N–H and O–H groups in total. The van der Waals surface area contributed by atoms with Gasteiger partial charge in [-0.05, 0) is 12.1 Å². The predicted molar refractivity (Wildman–Crippen MR) is 105 cm³/mol. The summed E-state index contributed by atoms with van der Waals surface area (Å²) in [7, 11) is -2.86. The first-order valence-corrected chi connectivity index (χ1v) is 10.3. The normalized spacial score (nSPS) is 24.2. The van der Waals surface area contributed by atoms with E-state index in [4.69, 9.17) is 14.2 Å². The van der Waals surface area contributed by atoms with Crippen LogP contribution in [0.25, 0.3) is 11.2 Å². The van der Waals surface area contributed by atoms with Crippen LogP contribution in [0.1, 0.15) is 23.5 Å². The van der Waals surface area contributed by atoms with Gasteiger partial charge in [0.1, 0.15) is 18.7 Å². The number of aromatic nitrogens is 4. The number of fused-ring (bicyclic) bond motifs is 1. The van der Waals surface area contributed by atoms with E-state index in [9.17, 15) is 14.5 Å². The quantitative estimate of drug-likeness (QED) is 0.494. The molecule has 1 aromatic carbocycles. The highest BCUT2D eigenvalue weighted by molar-refractivity contribution is 7.32. The highest BCUT2D eigenvalue weighted by atomic mass is 31.1. The number of hydrogen-bond acceptors (Lipinski definition) is 8. The Balaban J connectivity index is 1.63. The third-order valence-electron chi connectivity index (χ3n) is 4.94. The van der Waals surface area contributed by atoms with Crippen molar-refractivity contribution in [1.82, 2.24) is 19.5 Å². The Hall–Kier alpha value is -2.82. The molecule has 11 nitrogen and oxygen atoms in total. The Morgan fingerprint density at radius 2 is 2.07 bits per heavy atom. The highest BCUT2D eigenvalue weighted by Crippen LogP contribution is 2.41. The Morgan fingerprint density at radius 1 is 1.30 bits per heavy atom. The monoisotopic (exact) mass is 432 g/mol. The lowest BCUT2D eigenvalue weighted by Crippen LogP contribution is -2.29. The van der Waals surface area contributed by atoms with Crippen LogP contribution in [0.5, 0.6) is 0 Å². The molecule has 1 saturated heterocycles. The number of carbonyl (C=O) groups is 1. The molecule has 1 fully saturated rings. The lowest BCUT2D eigenvalue weighted by atomic mass is 10.0. The summed E-state index contributed by atoms with van der Waals surface area (Å²) in [4.78, 5) is 34.3. The van der Waals surface area contributed by atoms with Gasteiger partial charge >= 0.3 is 8.25 Å². The summed E-state index contributed by atoms with van der Waals surface area (Å²) >= 11 is 0. The molecule has 12 heteroatoms. The first-order chi connectivity index (χ1) is 14.5. The number of nitrogens with one attached hydrogen (secondary N) is 1. The fourth-order valence-electron chi connectivity index (χ4n) is 3.51. The lowest BCUT2D eigenvalue weighted by Gasteiger charge is -2.17. The van der Waals surface area contributed by atoms with Crippen molar-refractivity contribution in [1.29, 1.82) is 0 Å². The number of hydrogen-bond donors (Lipinski definition) is 3. The molecule has 3 aromatic rings. The number of rotatable bonds is 6. The number of amides is 1. The summed E-state index contributed by atoms with van der Waals surface area (Å²) < 4.78 is 23.7. The van der Waals surface area contributed by atoms with Crippen LogP contribution >= 0.6 is 8.25 Å². The van der Waals surface area contributed by atoms with E-state index < -0.39 is 26.7 Å². The zero-order chi connectivity index (χ0) is 21.3. The SMILES string of the molecule is C[C@@H]1[C@H](O[P+](=O)O)[C@@H](CO)O[C@H]1n1cnc2c(NC(=O)c3ccccc3)ncnc21. The number of carbonyl (C=O) groups excluding carboxylic acids is 1. The molecule has 1 aliphatic heterocycles. The fourth-order valence-corrected chi connectivity index (χ4v) is 4.05. The predicted octanol–water partition coefficient (Wildman–Crippen LogP) is 1.64. The molecule has 0 bridgehead atoms. The van der Waals surface area contributed by atoms with Crippen molar-refractivity contribution < 1.29 is 28.6 Å². The summed E-state index contributed by atoms with van der Waals surface area (Å²) in [5.41, 5.74) is 1.23. The van der Waals surface area contributed by atoms with Gasteiger partial charge in [0.2, 0.25) is 0 Å². The summed E-state index contributed by atoms with van der Waals surface area (Å²) in [6, 6.07) is 8.69. The maximum absolute atomic E-state index is 12.5. The molecular weight excluding hydrogens is 413 g/mol. The number of aliphatic hydroxyl groups is 1. The molecule has 0 spiro atoms. The van der Waals surface area contributed by atoms with Gasteiger partial charge in [0.15, 0.2) is 23.1 Å². The van der Waals surface area contributed by atoms with Crippen molar-refractivity contribution in [3.63, 3.8) is 0 Å². The number of aliphatic hydroxyl groups excluding tert-OH is 1. The van der Waals surface area contributed by atoms with Crippen LogP contribution in [0, 0.1) is 5.92 Å². The summed E-state index contributed by atoms with van der Waals surface area (Å²) in [5.74, 6) is -0.484. The van der Waals surface area contributed by atoms with Crippen LogP contribution in [0.2, 0.25) is 0 Å². The molecule has 5 atom stereocenters. The van der Waals surface area contributed by atoms with E-state index in [-0.39, 0.29) is 24.2 Å². The number of benzene rings is 1. The number of anilines is 1. The van der Waals surface area contributed by atoms with E-state index in [1.54, 1.807) is 35.8 Å². The maximum Gasteiger partial charge on any atom is 0.695 e. The smallest absolute Gasteiger partial charge is 0.394 e. The minimum atomic E-state index is -2.86. The van der Waals surface area contributed by atoms with Crippen molar-refractivity contribution in [2.24, 2.45) is 5.92 Å². The summed E-state index contributed by atoms with van der Waals surface area (Å²) in [6.45, 7) is 1.39. The van der Waals surface area contributed by atoms with E-state index in [0.29, 0.717) is 16.7 Å². The first kappa shape index (κ1) is 20.5. The second-order valence-corrected chi connectivity index (χ2v) is 7.47. The Bertz CT molecular complexity index is 1080. The van der Waals surface area contributed by atoms with E-state index in [1.165, 1.54) is 12.7 Å². The minimum Gasteiger partial charge on any atom is -0.394 e. The van der Waals surface area contributed by atoms with Crippen molar-refractivity contribution >= 4 is 31.1 Å². The maximum atomic E-state index is 12.5. The molecule has 30 heavy (non-hydrogen) atoms. The molecule has 0 aliphatic carbocycles. The molecule has 1 aliphatic rings. The van der Waals surface area contributed by atoms with Crippen LogP contribution in [-0.4, -0.2) is 54.2 Å². The molecule has 1 amide bonds.